The largest absolute Gasteiger partial charge is 0.507 e. The molecule has 31 heavy (non-hydrogen) atoms. The molecule has 1 fully saturated rings. The predicted molar refractivity (Wildman–Crippen MR) is 114 cm³/mol. The van der Waals surface area contributed by atoms with E-state index in [9.17, 15) is 14.7 Å². The Morgan fingerprint density at radius 3 is 2.68 bits per heavy atom. The summed E-state index contributed by atoms with van der Waals surface area (Å²) in [5, 5.41) is 11.6. The number of methoxy groups -OCH3 is 1. The molecular formula is C23H22ClNO6. The van der Waals surface area contributed by atoms with Gasteiger partial charge in [-0.05, 0) is 42.3 Å². The highest BCUT2D eigenvalue weighted by Crippen LogP contribution is 2.41. The molecule has 2 aliphatic heterocycles. The minimum absolute atomic E-state index is 0.0151. The van der Waals surface area contributed by atoms with E-state index in [1.807, 2.05) is 0 Å². The number of amides is 1. The zero-order valence-corrected chi connectivity index (χ0v) is 17.7. The fraction of sp³-hybridized carbons (Fsp3) is 0.304. The third kappa shape index (κ3) is 4.11. The minimum Gasteiger partial charge on any atom is -0.507 e. The molecule has 1 amide bonds. The summed E-state index contributed by atoms with van der Waals surface area (Å²) < 4.78 is 16.2. The van der Waals surface area contributed by atoms with Crippen LogP contribution in [0.25, 0.3) is 5.76 Å². The molecule has 162 valence electrons. The van der Waals surface area contributed by atoms with Crippen molar-refractivity contribution in [2.45, 2.75) is 12.5 Å². The molecule has 1 saturated heterocycles. The highest BCUT2D eigenvalue weighted by molar-refractivity contribution is 6.46. The number of halogens is 1. The fourth-order valence-corrected chi connectivity index (χ4v) is 4.06. The van der Waals surface area contributed by atoms with Crippen molar-refractivity contribution in [2.75, 3.05) is 33.5 Å². The summed E-state index contributed by atoms with van der Waals surface area (Å²) in [5.41, 5.74) is 1.02. The number of likely N-dealkylation sites (tertiary alicyclic amines) is 1. The van der Waals surface area contributed by atoms with Crippen LogP contribution in [0.2, 0.25) is 5.02 Å². The van der Waals surface area contributed by atoms with E-state index in [0.717, 1.165) is 0 Å². The van der Waals surface area contributed by atoms with Crippen LogP contribution in [-0.2, 0) is 14.3 Å². The third-order valence-electron chi connectivity index (χ3n) is 5.27. The Labute approximate surface area is 184 Å². The number of nitrogens with zero attached hydrogens (tertiary/aromatic N) is 1. The van der Waals surface area contributed by atoms with Crippen molar-refractivity contribution < 1.29 is 28.9 Å². The summed E-state index contributed by atoms with van der Waals surface area (Å²) in [4.78, 5) is 27.3. The Bertz CT molecular complexity index is 1050. The molecule has 7 nitrogen and oxygen atoms in total. The first kappa shape index (κ1) is 21.2. The summed E-state index contributed by atoms with van der Waals surface area (Å²) >= 11 is 6.18. The highest BCUT2D eigenvalue weighted by Gasteiger charge is 2.45. The van der Waals surface area contributed by atoms with Gasteiger partial charge in [0.05, 0.1) is 11.6 Å². The van der Waals surface area contributed by atoms with Crippen LogP contribution in [0, 0.1) is 0 Å². The maximum absolute atomic E-state index is 13.0. The number of benzene rings is 2. The van der Waals surface area contributed by atoms with E-state index in [1.54, 1.807) is 49.6 Å². The van der Waals surface area contributed by atoms with Crippen molar-refractivity contribution in [2.24, 2.45) is 0 Å². The van der Waals surface area contributed by atoms with Gasteiger partial charge in [0.1, 0.15) is 19.0 Å². The van der Waals surface area contributed by atoms with Crippen molar-refractivity contribution >= 4 is 29.1 Å². The molecule has 0 saturated carbocycles. The van der Waals surface area contributed by atoms with Gasteiger partial charge < -0.3 is 24.2 Å². The first-order valence-electron chi connectivity index (χ1n) is 9.94. The second kappa shape index (κ2) is 8.99. The van der Waals surface area contributed by atoms with Crippen molar-refractivity contribution in [1.29, 1.82) is 0 Å². The smallest absolute Gasteiger partial charge is 0.295 e. The standard InChI is InChI=1S/C23H22ClNO6/c1-29-9-3-8-25-20(14-4-2-5-16(24)12-14)19(22(27)23(25)28)21(26)15-6-7-17-18(13-15)31-11-10-30-17/h2,4-7,12-13,20,26H,3,8-11H2,1H3/t20-/m0/s1. The van der Waals surface area contributed by atoms with Gasteiger partial charge in [-0.2, -0.15) is 0 Å². The number of hydrogen-bond acceptors (Lipinski definition) is 6. The molecule has 0 unspecified atom stereocenters. The maximum atomic E-state index is 13.0. The van der Waals surface area contributed by atoms with Crippen LogP contribution in [0.5, 0.6) is 11.5 Å². The molecular weight excluding hydrogens is 422 g/mol. The average molecular weight is 444 g/mol. The van der Waals surface area contributed by atoms with Crippen molar-refractivity contribution in [3.63, 3.8) is 0 Å². The molecule has 1 N–H and O–H groups in total. The molecule has 2 heterocycles. The van der Waals surface area contributed by atoms with E-state index in [1.165, 1.54) is 4.90 Å². The molecule has 0 aliphatic carbocycles. The lowest BCUT2D eigenvalue weighted by atomic mass is 9.95. The molecule has 0 radical (unpaired) electrons. The number of aliphatic hydroxyl groups excluding tert-OH is 1. The van der Waals surface area contributed by atoms with Gasteiger partial charge in [-0.3, -0.25) is 9.59 Å². The second-order valence-corrected chi connectivity index (χ2v) is 7.69. The number of ketones is 1. The lowest BCUT2D eigenvalue weighted by molar-refractivity contribution is -0.140. The van der Waals surface area contributed by atoms with E-state index in [-0.39, 0.29) is 11.3 Å². The van der Waals surface area contributed by atoms with Gasteiger partial charge in [0.25, 0.3) is 11.7 Å². The van der Waals surface area contributed by atoms with Crippen molar-refractivity contribution in [3.05, 3.63) is 64.2 Å². The van der Waals surface area contributed by atoms with Gasteiger partial charge in [-0.15, -0.1) is 0 Å². The zero-order chi connectivity index (χ0) is 22.0. The molecule has 2 aromatic carbocycles. The first-order valence-corrected chi connectivity index (χ1v) is 10.3. The van der Waals surface area contributed by atoms with Gasteiger partial charge in [0, 0.05) is 30.8 Å². The Hall–Kier alpha value is -3.03. The van der Waals surface area contributed by atoms with Crippen LogP contribution in [0.15, 0.2) is 48.0 Å². The quantitative estimate of drug-likeness (QED) is 0.318. The van der Waals surface area contributed by atoms with Crippen LogP contribution in [0.4, 0.5) is 0 Å². The van der Waals surface area contributed by atoms with Crippen LogP contribution < -0.4 is 9.47 Å². The van der Waals surface area contributed by atoms with Crippen molar-refractivity contribution in [3.8, 4) is 11.5 Å². The van der Waals surface area contributed by atoms with Gasteiger partial charge >= 0.3 is 0 Å². The van der Waals surface area contributed by atoms with Gasteiger partial charge in [-0.1, -0.05) is 23.7 Å². The van der Waals surface area contributed by atoms with E-state index in [0.29, 0.717) is 60.4 Å². The SMILES string of the molecule is COCCCN1C(=O)C(=O)C(=C(O)c2ccc3c(c2)OCCO3)[C@@H]1c1cccc(Cl)c1. The summed E-state index contributed by atoms with van der Waals surface area (Å²) in [6.07, 6.45) is 0.546. The monoisotopic (exact) mass is 443 g/mol. The molecule has 0 aromatic heterocycles. The van der Waals surface area contributed by atoms with Crippen LogP contribution >= 0.6 is 11.6 Å². The molecule has 4 rings (SSSR count). The number of Topliss-reactive ketones (excluding diaryl/α,β-unsaturated/α-hetero) is 1. The van der Waals surface area contributed by atoms with Gasteiger partial charge in [-0.25, -0.2) is 0 Å². The third-order valence-corrected chi connectivity index (χ3v) is 5.50. The number of aliphatic hydroxyl groups is 1. The second-order valence-electron chi connectivity index (χ2n) is 7.25. The van der Waals surface area contributed by atoms with E-state index < -0.39 is 17.7 Å². The normalized spacial score (nSPS) is 19.7. The van der Waals surface area contributed by atoms with E-state index in [4.69, 9.17) is 25.8 Å². The lowest BCUT2D eigenvalue weighted by Gasteiger charge is -2.25. The molecule has 8 heteroatoms. The molecule has 2 aliphatic rings. The summed E-state index contributed by atoms with van der Waals surface area (Å²) in [5.74, 6) is -0.636. The maximum Gasteiger partial charge on any atom is 0.295 e. The van der Waals surface area contributed by atoms with Crippen LogP contribution in [-0.4, -0.2) is 55.2 Å². The highest BCUT2D eigenvalue weighted by atomic mass is 35.5. The fourth-order valence-electron chi connectivity index (χ4n) is 3.86. The molecule has 2 aromatic rings. The number of fused-ring (bicyclic) bond motifs is 1. The number of rotatable bonds is 6. The topological polar surface area (TPSA) is 85.3 Å². The van der Waals surface area contributed by atoms with E-state index >= 15 is 0 Å². The Morgan fingerprint density at radius 2 is 1.94 bits per heavy atom. The van der Waals surface area contributed by atoms with Gasteiger partial charge in [0.15, 0.2) is 11.5 Å². The molecule has 0 spiro atoms. The summed E-state index contributed by atoms with van der Waals surface area (Å²) in [6.45, 7) is 1.57. The Balaban J connectivity index is 1.81. The Kier molecular flexibility index (Phi) is 6.15. The van der Waals surface area contributed by atoms with Crippen LogP contribution in [0.3, 0.4) is 0 Å². The van der Waals surface area contributed by atoms with Crippen LogP contribution in [0.1, 0.15) is 23.6 Å². The molecule has 0 bridgehead atoms. The van der Waals surface area contributed by atoms with E-state index in [2.05, 4.69) is 0 Å². The number of carbonyl (C=O) groups is 2. The summed E-state index contributed by atoms with van der Waals surface area (Å²) in [7, 11) is 1.57. The first-order chi connectivity index (χ1) is 15.0. The molecule has 1 atom stereocenters. The lowest BCUT2D eigenvalue weighted by Crippen LogP contribution is -2.31. The zero-order valence-electron chi connectivity index (χ0n) is 17.0. The number of ether oxygens (including phenoxy) is 3. The Morgan fingerprint density at radius 1 is 1.16 bits per heavy atom. The average Bonchev–Trinajstić information content (AvgIpc) is 3.03. The van der Waals surface area contributed by atoms with Crippen molar-refractivity contribution in [1.82, 2.24) is 4.90 Å². The minimum atomic E-state index is -0.760. The number of carbonyl (C=O) groups excluding carboxylic acids is 2. The predicted octanol–water partition coefficient (Wildman–Crippen LogP) is 3.57. The number of hydrogen-bond donors (Lipinski definition) is 1. The summed E-state index contributed by atoms with van der Waals surface area (Å²) in [6, 6.07) is 11.1. The van der Waals surface area contributed by atoms with Gasteiger partial charge in [0.2, 0.25) is 0 Å².